The van der Waals surface area contributed by atoms with Crippen LogP contribution in [0.3, 0.4) is 0 Å². The maximum absolute atomic E-state index is 12.1. The van der Waals surface area contributed by atoms with E-state index in [9.17, 15) is 15.0 Å². The van der Waals surface area contributed by atoms with Crippen LogP contribution in [0.4, 0.5) is 0 Å². The van der Waals surface area contributed by atoms with Gasteiger partial charge in [-0.05, 0) is 68.8 Å². The monoisotopic (exact) mass is 330 g/mol. The summed E-state index contributed by atoms with van der Waals surface area (Å²) in [6.45, 7) is 8.00. The Labute approximate surface area is 145 Å². The summed E-state index contributed by atoms with van der Waals surface area (Å²) in [5.41, 5.74) is 3.39. The van der Waals surface area contributed by atoms with Crippen molar-refractivity contribution in [2.24, 2.45) is 17.3 Å². The number of carbonyl (C=O) groups is 1. The molecule has 0 spiro atoms. The lowest BCUT2D eigenvalue weighted by Gasteiger charge is -2.43. The summed E-state index contributed by atoms with van der Waals surface area (Å²) in [5.74, 6) is 0.712. The fourth-order valence-corrected chi connectivity index (χ4v) is 5.37. The van der Waals surface area contributed by atoms with E-state index < -0.39 is 0 Å². The molecule has 2 N–H and O–H groups in total. The van der Waals surface area contributed by atoms with Crippen LogP contribution in [0.5, 0.6) is 0 Å². The van der Waals surface area contributed by atoms with E-state index in [0.29, 0.717) is 18.8 Å². The van der Waals surface area contributed by atoms with Crippen molar-refractivity contribution in [3.05, 3.63) is 35.5 Å². The summed E-state index contributed by atoms with van der Waals surface area (Å²) in [7, 11) is 0. The molecule has 3 rings (SSSR count). The first-order valence-corrected chi connectivity index (χ1v) is 9.25. The first-order chi connectivity index (χ1) is 11.3. The first kappa shape index (κ1) is 17.6. The van der Waals surface area contributed by atoms with Gasteiger partial charge in [0.05, 0.1) is 12.2 Å². The molecule has 0 aromatic rings. The average Bonchev–Trinajstić information content (AvgIpc) is 2.84. The maximum Gasteiger partial charge on any atom is 0.133 e. The predicted octanol–water partition coefficient (Wildman–Crippen LogP) is 3.72. The molecule has 0 saturated heterocycles. The van der Waals surface area contributed by atoms with Crippen LogP contribution in [-0.2, 0) is 4.79 Å². The minimum atomic E-state index is -0.365. The number of aliphatic hydroxyl groups is 2. The maximum atomic E-state index is 12.1. The Hall–Kier alpha value is -1.19. The Balaban J connectivity index is 1.87. The van der Waals surface area contributed by atoms with E-state index in [1.165, 1.54) is 5.57 Å². The molecule has 0 bridgehead atoms. The zero-order valence-electron chi connectivity index (χ0n) is 14.9. The molecule has 0 aromatic carbocycles. The topological polar surface area (TPSA) is 57.5 Å². The summed E-state index contributed by atoms with van der Waals surface area (Å²) < 4.78 is 0. The number of hydrogen-bond acceptors (Lipinski definition) is 3. The van der Waals surface area contributed by atoms with E-state index >= 15 is 0 Å². The van der Waals surface area contributed by atoms with Crippen LogP contribution >= 0.6 is 0 Å². The number of Topliss-reactive ketones (excluding diaryl/α,β-unsaturated/α-hetero) is 1. The molecule has 0 unspecified atom stereocenters. The van der Waals surface area contributed by atoms with Gasteiger partial charge in [0, 0.05) is 5.92 Å². The SMILES string of the molecule is C=C1CC[C@H](O)C/C1=C/C=C1\C[C@@H](O)C[C@]2(C)[C@@H](C(C)=O)CC[C@@H]12. The second-order valence-electron chi connectivity index (χ2n) is 8.29. The average molecular weight is 330 g/mol. The van der Waals surface area contributed by atoms with Crippen LogP contribution in [-0.4, -0.2) is 28.2 Å². The van der Waals surface area contributed by atoms with Gasteiger partial charge in [0.2, 0.25) is 0 Å². The largest absolute Gasteiger partial charge is 0.393 e. The highest BCUT2D eigenvalue weighted by molar-refractivity contribution is 5.79. The van der Waals surface area contributed by atoms with Crippen LogP contribution < -0.4 is 0 Å². The Bertz CT molecular complexity index is 600. The predicted molar refractivity (Wildman–Crippen MR) is 95.4 cm³/mol. The molecule has 3 aliphatic rings. The van der Waals surface area contributed by atoms with Crippen molar-refractivity contribution in [2.75, 3.05) is 0 Å². The summed E-state index contributed by atoms with van der Waals surface area (Å²) in [4.78, 5) is 12.1. The first-order valence-electron chi connectivity index (χ1n) is 9.25. The lowest BCUT2D eigenvalue weighted by molar-refractivity contribution is -0.125. The Morgan fingerprint density at radius 3 is 2.62 bits per heavy atom. The van der Waals surface area contributed by atoms with Gasteiger partial charge in [0.25, 0.3) is 0 Å². The zero-order chi connectivity index (χ0) is 17.5. The third kappa shape index (κ3) is 3.16. The van der Waals surface area contributed by atoms with Gasteiger partial charge < -0.3 is 10.2 Å². The molecular formula is C21H30O3. The van der Waals surface area contributed by atoms with Crippen molar-refractivity contribution in [1.29, 1.82) is 0 Å². The fourth-order valence-electron chi connectivity index (χ4n) is 5.37. The molecule has 3 fully saturated rings. The summed E-state index contributed by atoms with van der Waals surface area (Å²) >= 11 is 0. The molecule has 0 radical (unpaired) electrons. The highest BCUT2D eigenvalue weighted by Gasteiger charge is 2.52. The van der Waals surface area contributed by atoms with Crippen molar-refractivity contribution < 1.29 is 15.0 Å². The molecule has 3 saturated carbocycles. The second-order valence-corrected chi connectivity index (χ2v) is 8.29. The molecule has 5 atom stereocenters. The van der Waals surface area contributed by atoms with Crippen molar-refractivity contribution in [2.45, 2.75) is 71.0 Å². The zero-order valence-corrected chi connectivity index (χ0v) is 14.9. The van der Waals surface area contributed by atoms with Crippen LogP contribution in [0.1, 0.15) is 58.8 Å². The van der Waals surface area contributed by atoms with Crippen molar-refractivity contribution >= 4 is 5.78 Å². The second kappa shape index (κ2) is 6.61. The number of carbonyl (C=O) groups excluding carboxylic acids is 1. The van der Waals surface area contributed by atoms with E-state index in [4.69, 9.17) is 0 Å². The quantitative estimate of drug-likeness (QED) is 0.811. The minimum absolute atomic E-state index is 0.0694. The third-order valence-electron chi connectivity index (χ3n) is 6.61. The van der Waals surface area contributed by atoms with Crippen LogP contribution in [0.2, 0.25) is 0 Å². The van der Waals surface area contributed by atoms with Crippen LogP contribution in [0, 0.1) is 17.3 Å². The van der Waals surface area contributed by atoms with E-state index in [2.05, 4.69) is 25.7 Å². The number of allylic oxidation sites excluding steroid dienone is 3. The summed E-state index contributed by atoms with van der Waals surface area (Å²) in [6.07, 6.45) is 9.32. The molecule has 24 heavy (non-hydrogen) atoms. The van der Waals surface area contributed by atoms with E-state index in [1.54, 1.807) is 6.92 Å². The molecule has 3 nitrogen and oxygen atoms in total. The Morgan fingerprint density at radius 1 is 1.17 bits per heavy atom. The van der Waals surface area contributed by atoms with E-state index in [1.807, 2.05) is 0 Å². The molecular weight excluding hydrogens is 300 g/mol. The third-order valence-corrected chi connectivity index (χ3v) is 6.61. The van der Waals surface area contributed by atoms with Gasteiger partial charge in [0.15, 0.2) is 0 Å². The molecule has 0 heterocycles. The highest BCUT2D eigenvalue weighted by atomic mass is 16.3. The highest BCUT2D eigenvalue weighted by Crippen LogP contribution is 2.57. The molecule has 132 valence electrons. The van der Waals surface area contributed by atoms with Gasteiger partial charge in [-0.2, -0.15) is 0 Å². The number of hydrogen-bond donors (Lipinski definition) is 2. The number of rotatable bonds is 2. The standard InChI is InChI=1S/C21H30O3/c1-13-4-7-17(23)10-15(13)5-6-16-11-18(24)12-21(3)19(14(2)22)8-9-20(16)21/h5-6,17-20,23-24H,1,4,7-12H2,2-3H3/b15-5-,16-6+/t17-,18+,19+,20-,21+/m0/s1. The van der Waals surface area contributed by atoms with Gasteiger partial charge in [-0.15, -0.1) is 0 Å². The normalized spacial score (nSPS) is 43.2. The minimum Gasteiger partial charge on any atom is -0.393 e. The summed E-state index contributed by atoms with van der Waals surface area (Å²) in [6, 6.07) is 0. The fraction of sp³-hybridized carbons (Fsp3) is 0.667. The molecule has 0 aliphatic heterocycles. The van der Waals surface area contributed by atoms with Gasteiger partial charge in [-0.25, -0.2) is 0 Å². The molecule has 0 aromatic heterocycles. The van der Waals surface area contributed by atoms with Crippen LogP contribution in [0.15, 0.2) is 35.5 Å². The lowest BCUT2D eigenvalue weighted by Crippen LogP contribution is -2.41. The Morgan fingerprint density at radius 2 is 1.92 bits per heavy atom. The van der Waals surface area contributed by atoms with Crippen molar-refractivity contribution in [1.82, 2.24) is 0 Å². The van der Waals surface area contributed by atoms with Gasteiger partial charge in [0.1, 0.15) is 5.78 Å². The number of ketones is 1. The van der Waals surface area contributed by atoms with Crippen LogP contribution in [0.25, 0.3) is 0 Å². The lowest BCUT2D eigenvalue weighted by atomic mass is 9.62. The summed E-state index contributed by atoms with van der Waals surface area (Å²) in [5, 5.41) is 20.3. The molecule has 3 heteroatoms. The van der Waals surface area contributed by atoms with E-state index in [-0.39, 0.29) is 29.3 Å². The number of aliphatic hydroxyl groups excluding tert-OH is 2. The van der Waals surface area contributed by atoms with Gasteiger partial charge >= 0.3 is 0 Å². The van der Waals surface area contributed by atoms with Gasteiger partial charge in [-0.3, -0.25) is 4.79 Å². The van der Waals surface area contributed by atoms with E-state index in [0.717, 1.165) is 43.3 Å². The molecule has 3 aliphatic carbocycles. The smallest absolute Gasteiger partial charge is 0.133 e. The van der Waals surface area contributed by atoms with Crippen molar-refractivity contribution in [3.63, 3.8) is 0 Å². The Kier molecular flexibility index (Phi) is 4.85. The van der Waals surface area contributed by atoms with Crippen molar-refractivity contribution in [3.8, 4) is 0 Å². The molecule has 0 amide bonds. The number of fused-ring (bicyclic) bond motifs is 1. The van der Waals surface area contributed by atoms with Gasteiger partial charge in [-0.1, -0.05) is 36.8 Å².